The number of carboxylic acids is 1. The first kappa shape index (κ1) is 22.0. The van der Waals surface area contributed by atoms with Crippen LogP contribution in [0, 0.1) is 6.92 Å². The molecule has 0 saturated carbocycles. The van der Waals surface area contributed by atoms with Crippen LogP contribution in [0.4, 0.5) is 4.79 Å². The number of rotatable bonds is 10. The number of likely N-dealkylation sites (N-methyl/N-ethyl adjacent to an activating group) is 1. The zero-order valence-corrected chi connectivity index (χ0v) is 16.7. The van der Waals surface area contributed by atoms with E-state index < -0.39 is 5.97 Å². The third-order valence-corrected chi connectivity index (χ3v) is 4.48. The molecule has 1 aromatic carbocycles. The number of amides is 2. The van der Waals surface area contributed by atoms with E-state index in [0.717, 1.165) is 18.6 Å². The van der Waals surface area contributed by atoms with Gasteiger partial charge in [-0.05, 0) is 38.9 Å². The van der Waals surface area contributed by atoms with Gasteiger partial charge in [0.15, 0.2) is 0 Å². The SMILES string of the molecule is Cc1ccc(OCCCCNC(=O)N2CCOC(CN(C)CC(=O)O)C2)cc1. The number of unbranched alkanes of at least 4 members (excludes halogenated alkanes) is 1. The highest BCUT2D eigenvalue weighted by atomic mass is 16.5. The number of ether oxygens (including phenoxy) is 2. The van der Waals surface area contributed by atoms with Crippen LogP contribution in [0.15, 0.2) is 24.3 Å². The van der Waals surface area contributed by atoms with E-state index in [1.807, 2.05) is 31.2 Å². The fraction of sp³-hybridized carbons (Fsp3) is 0.600. The highest BCUT2D eigenvalue weighted by Gasteiger charge is 2.25. The second kappa shape index (κ2) is 11.5. The molecule has 1 aliphatic rings. The fourth-order valence-electron chi connectivity index (χ4n) is 3.02. The maximum atomic E-state index is 12.3. The largest absolute Gasteiger partial charge is 0.494 e. The average Bonchev–Trinajstić information content (AvgIpc) is 2.65. The molecule has 0 radical (unpaired) electrons. The molecule has 0 aromatic heterocycles. The van der Waals surface area contributed by atoms with Gasteiger partial charge in [-0.3, -0.25) is 9.69 Å². The highest BCUT2D eigenvalue weighted by Crippen LogP contribution is 2.12. The van der Waals surface area contributed by atoms with Crippen LogP contribution in [0.1, 0.15) is 18.4 Å². The zero-order chi connectivity index (χ0) is 20.4. The summed E-state index contributed by atoms with van der Waals surface area (Å²) in [5, 5.41) is 11.8. The van der Waals surface area contributed by atoms with Crippen molar-refractivity contribution in [2.45, 2.75) is 25.9 Å². The summed E-state index contributed by atoms with van der Waals surface area (Å²) in [7, 11) is 1.73. The van der Waals surface area contributed by atoms with E-state index in [4.69, 9.17) is 14.6 Å². The van der Waals surface area contributed by atoms with E-state index in [-0.39, 0.29) is 18.7 Å². The van der Waals surface area contributed by atoms with E-state index >= 15 is 0 Å². The van der Waals surface area contributed by atoms with Gasteiger partial charge in [0.1, 0.15) is 5.75 Å². The second-order valence-corrected chi connectivity index (χ2v) is 7.13. The minimum Gasteiger partial charge on any atom is -0.494 e. The van der Waals surface area contributed by atoms with Gasteiger partial charge in [0.05, 0.1) is 25.9 Å². The summed E-state index contributed by atoms with van der Waals surface area (Å²) in [6.07, 6.45) is 1.53. The van der Waals surface area contributed by atoms with Crippen molar-refractivity contribution >= 4 is 12.0 Å². The number of aryl methyl sites for hydroxylation is 1. The molecule has 8 nitrogen and oxygen atoms in total. The molecule has 1 aliphatic heterocycles. The fourth-order valence-corrected chi connectivity index (χ4v) is 3.02. The number of hydrogen-bond acceptors (Lipinski definition) is 5. The molecule has 1 saturated heterocycles. The Hall–Kier alpha value is -2.32. The van der Waals surface area contributed by atoms with Crippen LogP contribution in [0.2, 0.25) is 0 Å². The van der Waals surface area contributed by atoms with Crippen LogP contribution in [-0.2, 0) is 9.53 Å². The molecule has 0 bridgehead atoms. The Bertz CT molecular complexity index is 623. The number of aliphatic carboxylic acids is 1. The second-order valence-electron chi connectivity index (χ2n) is 7.13. The average molecular weight is 393 g/mol. The summed E-state index contributed by atoms with van der Waals surface area (Å²) < 4.78 is 11.3. The molecule has 28 heavy (non-hydrogen) atoms. The monoisotopic (exact) mass is 393 g/mol. The van der Waals surface area contributed by atoms with Gasteiger partial charge in [-0.2, -0.15) is 0 Å². The molecule has 1 fully saturated rings. The van der Waals surface area contributed by atoms with Gasteiger partial charge < -0.3 is 24.8 Å². The summed E-state index contributed by atoms with van der Waals surface area (Å²) in [5.74, 6) is -0.0128. The van der Waals surface area contributed by atoms with Crippen molar-refractivity contribution in [2.24, 2.45) is 0 Å². The van der Waals surface area contributed by atoms with Gasteiger partial charge in [0.25, 0.3) is 0 Å². The van der Waals surface area contributed by atoms with E-state index in [1.54, 1.807) is 16.8 Å². The van der Waals surface area contributed by atoms with Gasteiger partial charge >= 0.3 is 12.0 Å². The van der Waals surface area contributed by atoms with Crippen molar-refractivity contribution in [3.8, 4) is 5.75 Å². The molecular weight excluding hydrogens is 362 g/mol. The van der Waals surface area contributed by atoms with Crippen LogP contribution < -0.4 is 10.1 Å². The Balaban J connectivity index is 1.59. The lowest BCUT2D eigenvalue weighted by Crippen LogP contribution is -2.52. The van der Waals surface area contributed by atoms with E-state index in [9.17, 15) is 9.59 Å². The third kappa shape index (κ3) is 8.14. The molecule has 8 heteroatoms. The van der Waals surface area contributed by atoms with Crippen LogP contribution in [0.25, 0.3) is 0 Å². The minimum atomic E-state index is -0.876. The van der Waals surface area contributed by atoms with E-state index in [2.05, 4.69) is 5.32 Å². The Kier molecular flexibility index (Phi) is 9.03. The maximum absolute atomic E-state index is 12.3. The normalized spacial score (nSPS) is 16.8. The molecule has 1 aromatic rings. The third-order valence-electron chi connectivity index (χ3n) is 4.48. The molecule has 1 atom stereocenters. The molecular formula is C20H31N3O5. The van der Waals surface area contributed by atoms with E-state index in [0.29, 0.717) is 39.4 Å². The van der Waals surface area contributed by atoms with Gasteiger partial charge in [-0.1, -0.05) is 17.7 Å². The smallest absolute Gasteiger partial charge is 0.317 e. The van der Waals surface area contributed by atoms with Crippen molar-refractivity contribution in [3.05, 3.63) is 29.8 Å². The number of benzene rings is 1. The number of carbonyl (C=O) groups is 2. The first-order chi connectivity index (χ1) is 13.4. The first-order valence-corrected chi connectivity index (χ1v) is 9.68. The maximum Gasteiger partial charge on any atom is 0.317 e. The molecule has 2 rings (SSSR count). The van der Waals surface area contributed by atoms with Crippen molar-refractivity contribution in [3.63, 3.8) is 0 Å². The number of nitrogens with zero attached hydrogens (tertiary/aromatic N) is 2. The number of carboxylic acid groups (broad SMARTS) is 1. The van der Waals surface area contributed by atoms with Crippen LogP contribution in [0.5, 0.6) is 5.75 Å². The standard InChI is InChI=1S/C20H31N3O5/c1-16-5-7-17(8-6-16)27-11-4-3-9-21-20(26)23-10-12-28-18(14-23)13-22(2)15-19(24)25/h5-8,18H,3-4,9-15H2,1-2H3,(H,21,26)(H,24,25). The molecule has 2 N–H and O–H groups in total. The van der Waals surface area contributed by atoms with E-state index in [1.165, 1.54) is 5.56 Å². The number of morpholine rings is 1. The van der Waals surface area contributed by atoms with Gasteiger partial charge in [-0.15, -0.1) is 0 Å². The van der Waals surface area contributed by atoms with Crippen LogP contribution >= 0.6 is 0 Å². The lowest BCUT2D eigenvalue weighted by Gasteiger charge is -2.34. The van der Waals surface area contributed by atoms with Crippen LogP contribution in [-0.4, -0.2) is 86.0 Å². The summed E-state index contributed by atoms with van der Waals surface area (Å²) >= 11 is 0. The Morgan fingerprint density at radius 2 is 2.07 bits per heavy atom. The van der Waals surface area contributed by atoms with Crippen molar-refractivity contribution < 1.29 is 24.2 Å². The van der Waals surface area contributed by atoms with Crippen molar-refractivity contribution in [2.75, 3.05) is 53.0 Å². The van der Waals surface area contributed by atoms with Gasteiger partial charge in [0.2, 0.25) is 0 Å². The molecule has 0 spiro atoms. The summed E-state index contributed by atoms with van der Waals surface area (Å²) in [5.41, 5.74) is 1.20. The molecule has 2 amide bonds. The summed E-state index contributed by atoms with van der Waals surface area (Å²) in [6, 6.07) is 7.85. The van der Waals surface area contributed by atoms with Gasteiger partial charge in [0, 0.05) is 26.2 Å². The summed E-state index contributed by atoms with van der Waals surface area (Å²) in [6.45, 7) is 5.16. The van der Waals surface area contributed by atoms with Crippen LogP contribution in [0.3, 0.4) is 0 Å². The molecule has 156 valence electrons. The molecule has 1 unspecified atom stereocenters. The van der Waals surface area contributed by atoms with Crippen molar-refractivity contribution in [1.82, 2.24) is 15.1 Å². The quantitative estimate of drug-likeness (QED) is 0.587. The zero-order valence-electron chi connectivity index (χ0n) is 16.7. The lowest BCUT2D eigenvalue weighted by molar-refractivity contribution is -0.138. The van der Waals surface area contributed by atoms with Crippen molar-refractivity contribution in [1.29, 1.82) is 0 Å². The topological polar surface area (TPSA) is 91.3 Å². The summed E-state index contributed by atoms with van der Waals surface area (Å²) in [4.78, 5) is 26.5. The predicted molar refractivity (Wildman–Crippen MR) is 106 cm³/mol. The lowest BCUT2D eigenvalue weighted by atomic mass is 10.2. The number of hydrogen-bond donors (Lipinski definition) is 2. The highest BCUT2D eigenvalue weighted by molar-refractivity contribution is 5.74. The number of nitrogens with one attached hydrogen (secondary N) is 1. The Morgan fingerprint density at radius 3 is 2.79 bits per heavy atom. The first-order valence-electron chi connectivity index (χ1n) is 9.68. The minimum absolute atomic E-state index is 0.0449. The van der Waals surface area contributed by atoms with Gasteiger partial charge in [-0.25, -0.2) is 4.79 Å². The molecule has 0 aliphatic carbocycles. The number of urea groups is 1. The Labute approximate surface area is 166 Å². The molecule has 1 heterocycles. The Morgan fingerprint density at radius 1 is 1.32 bits per heavy atom. The number of carbonyl (C=O) groups excluding carboxylic acids is 1. The predicted octanol–water partition coefficient (Wildman–Crippen LogP) is 1.58.